The maximum atomic E-state index is 13.4. The minimum Gasteiger partial charge on any atom is -0.492 e. The van der Waals surface area contributed by atoms with Crippen molar-refractivity contribution in [2.45, 2.75) is 6.92 Å². The molecule has 0 amide bonds. The van der Waals surface area contributed by atoms with E-state index in [1.165, 1.54) is 13.0 Å². The number of aromatic hydroxyl groups is 1. The number of ketones is 1. The molecule has 0 saturated heterocycles. The van der Waals surface area contributed by atoms with Crippen molar-refractivity contribution in [3.05, 3.63) is 34.7 Å². The molecular formula is C11H7F2NO2S. The largest absolute Gasteiger partial charge is 0.492 e. The average Bonchev–Trinajstić information content (AvgIpc) is 2.60. The number of carbonyl (C=O) groups is 1. The summed E-state index contributed by atoms with van der Waals surface area (Å²) in [7, 11) is 0. The number of benzene rings is 1. The highest BCUT2D eigenvalue weighted by molar-refractivity contribution is 7.17. The minimum absolute atomic E-state index is 0.0548. The van der Waals surface area contributed by atoms with Crippen molar-refractivity contribution < 1.29 is 18.7 Å². The smallest absolute Gasteiger partial charge is 0.233 e. The Labute approximate surface area is 99.4 Å². The zero-order valence-electron chi connectivity index (χ0n) is 8.70. The molecule has 0 spiro atoms. The van der Waals surface area contributed by atoms with Crippen molar-refractivity contribution in [3.8, 4) is 16.5 Å². The molecule has 6 heteroatoms. The molecule has 0 unspecified atom stereocenters. The lowest BCUT2D eigenvalue weighted by Gasteiger charge is -1.97. The van der Waals surface area contributed by atoms with E-state index in [1.807, 2.05) is 0 Å². The molecule has 1 heterocycles. The standard InChI is InChI=1S/C11H7F2NO2S/c1-5(15)9-10(16)14-11(17-9)7-3-2-6(12)4-8(7)13/h2-4,16H,1H3. The molecule has 1 aromatic heterocycles. The highest BCUT2D eigenvalue weighted by atomic mass is 32.1. The van der Waals surface area contributed by atoms with Gasteiger partial charge < -0.3 is 5.11 Å². The third-order valence-electron chi connectivity index (χ3n) is 2.09. The summed E-state index contributed by atoms with van der Waals surface area (Å²) in [5.74, 6) is -2.26. The van der Waals surface area contributed by atoms with Crippen LogP contribution in [0.15, 0.2) is 18.2 Å². The van der Waals surface area contributed by atoms with Gasteiger partial charge in [-0.25, -0.2) is 13.8 Å². The Morgan fingerprint density at radius 1 is 1.41 bits per heavy atom. The number of aromatic nitrogens is 1. The molecule has 0 atom stereocenters. The van der Waals surface area contributed by atoms with Crippen molar-refractivity contribution in [3.63, 3.8) is 0 Å². The van der Waals surface area contributed by atoms with E-state index < -0.39 is 17.5 Å². The van der Waals surface area contributed by atoms with Gasteiger partial charge in [-0.1, -0.05) is 0 Å². The first-order chi connectivity index (χ1) is 7.99. The molecule has 0 fully saturated rings. The highest BCUT2D eigenvalue weighted by Gasteiger charge is 2.17. The van der Waals surface area contributed by atoms with Crippen LogP contribution in [0, 0.1) is 11.6 Å². The molecule has 2 rings (SSSR count). The van der Waals surface area contributed by atoms with Gasteiger partial charge in [0.25, 0.3) is 0 Å². The molecule has 0 saturated carbocycles. The fourth-order valence-corrected chi connectivity index (χ4v) is 2.20. The number of hydrogen-bond acceptors (Lipinski definition) is 4. The Kier molecular flexibility index (Phi) is 2.89. The number of nitrogens with zero attached hydrogens (tertiary/aromatic N) is 1. The Morgan fingerprint density at radius 2 is 2.12 bits per heavy atom. The number of thiazole rings is 1. The molecule has 0 radical (unpaired) electrons. The summed E-state index contributed by atoms with van der Waals surface area (Å²) in [6.07, 6.45) is 0. The lowest BCUT2D eigenvalue weighted by Crippen LogP contribution is -1.85. The van der Waals surface area contributed by atoms with Crippen LogP contribution < -0.4 is 0 Å². The molecule has 88 valence electrons. The molecule has 0 aliphatic rings. The van der Waals surface area contributed by atoms with Crippen molar-refractivity contribution in [2.75, 3.05) is 0 Å². The van der Waals surface area contributed by atoms with Crippen LogP contribution in [-0.4, -0.2) is 15.9 Å². The van der Waals surface area contributed by atoms with E-state index in [1.54, 1.807) is 0 Å². The van der Waals surface area contributed by atoms with Gasteiger partial charge in [0.1, 0.15) is 21.5 Å². The Bertz CT molecular complexity index is 595. The van der Waals surface area contributed by atoms with Gasteiger partial charge in [0.2, 0.25) is 5.88 Å². The first-order valence-corrected chi connectivity index (χ1v) is 5.47. The molecule has 1 N–H and O–H groups in total. The second-order valence-corrected chi connectivity index (χ2v) is 4.35. The van der Waals surface area contributed by atoms with Crippen LogP contribution in [-0.2, 0) is 0 Å². The second kappa shape index (κ2) is 4.21. The molecule has 0 aliphatic carbocycles. The van der Waals surface area contributed by atoms with Gasteiger partial charge in [0, 0.05) is 18.6 Å². The number of carbonyl (C=O) groups excluding carboxylic acids is 1. The molecule has 0 aliphatic heterocycles. The lowest BCUT2D eigenvalue weighted by molar-refractivity contribution is 0.101. The highest BCUT2D eigenvalue weighted by Crippen LogP contribution is 2.33. The van der Waals surface area contributed by atoms with Gasteiger partial charge >= 0.3 is 0 Å². The fraction of sp³-hybridized carbons (Fsp3) is 0.0909. The third-order valence-corrected chi connectivity index (χ3v) is 3.27. The Hall–Kier alpha value is -1.82. The predicted molar refractivity (Wildman–Crippen MR) is 59.1 cm³/mol. The lowest BCUT2D eigenvalue weighted by atomic mass is 10.2. The van der Waals surface area contributed by atoms with Gasteiger partial charge in [-0.2, -0.15) is 0 Å². The summed E-state index contributed by atoms with van der Waals surface area (Å²) in [4.78, 5) is 14.8. The van der Waals surface area contributed by atoms with Crippen LogP contribution >= 0.6 is 11.3 Å². The van der Waals surface area contributed by atoms with E-state index >= 15 is 0 Å². The summed E-state index contributed by atoms with van der Waals surface area (Å²) in [6, 6.07) is 3.03. The average molecular weight is 255 g/mol. The van der Waals surface area contributed by atoms with E-state index in [4.69, 9.17) is 0 Å². The predicted octanol–water partition coefficient (Wildman–Crippen LogP) is 3.00. The van der Waals surface area contributed by atoms with E-state index in [9.17, 15) is 18.7 Å². The van der Waals surface area contributed by atoms with Crippen LogP contribution in [0.2, 0.25) is 0 Å². The summed E-state index contributed by atoms with van der Waals surface area (Å²) in [5.41, 5.74) is 0.0548. The number of halogens is 2. The third kappa shape index (κ3) is 2.16. The molecule has 17 heavy (non-hydrogen) atoms. The number of rotatable bonds is 2. The van der Waals surface area contributed by atoms with Crippen molar-refractivity contribution in [1.29, 1.82) is 0 Å². The maximum absolute atomic E-state index is 13.4. The molecule has 2 aromatic rings. The molecule has 1 aromatic carbocycles. The Balaban J connectivity index is 2.53. The quantitative estimate of drug-likeness (QED) is 0.839. The monoisotopic (exact) mass is 255 g/mol. The van der Waals surface area contributed by atoms with Gasteiger partial charge in [0.05, 0.1) is 0 Å². The maximum Gasteiger partial charge on any atom is 0.233 e. The number of hydrogen-bond donors (Lipinski definition) is 1. The van der Waals surface area contributed by atoms with Crippen LogP contribution in [0.4, 0.5) is 8.78 Å². The fourth-order valence-electron chi connectivity index (χ4n) is 1.32. The molecular weight excluding hydrogens is 248 g/mol. The summed E-state index contributed by atoms with van der Waals surface area (Å²) < 4.78 is 26.2. The topological polar surface area (TPSA) is 50.2 Å². The Morgan fingerprint density at radius 3 is 2.65 bits per heavy atom. The van der Waals surface area contributed by atoms with Gasteiger partial charge in [0.15, 0.2) is 5.78 Å². The minimum atomic E-state index is -0.783. The van der Waals surface area contributed by atoms with Crippen LogP contribution in [0.3, 0.4) is 0 Å². The van der Waals surface area contributed by atoms with Crippen LogP contribution in [0.5, 0.6) is 5.88 Å². The summed E-state index contributed by atoms with van der Waals surface area (Å²) in [5, 5.41) is 9.53. The first kappa shape index (κ1) is 11.7. The van der Waals surface area contributed by atoms with Crippen LogP contribution in [0.1, 0.15) is 16.6 Å². The van der Waals surface area contributed by atoms with Crippen molar-refractivity contribution in [2.24, 2.45) is 0 Å². The zero-order valence-corrected chi connectivity index (χ0v) is 9.52. The van der Waals surface area contributed by atoms with E-state index in [-0.39, 0.29) is 21.2 Å². The first-order valence-electron chi connectivity index (χ1n) is 4.65. The summed E-state index contributed by atoms with van der Waals surface area (Å²) >= 11 is 0.868. The normalized spacial score (nSPS) is 10.5. The molecule has 0 bridgehead atoms. The van der Waals surface area contributed by atoms with Crippen LogP contribution in [0.25, 0.3) is 10.6 Å². The second-order valence-electron chi connectivity index (χ2n) is 3.35. The van der Waals surface area contributed by atoms with Gasteiger partial charge in [-0.3, -0.25) is 4.79 Å². The van der Waals surface area contributed by atoms with Gasteiger partial charge in [-0.15, -0.1) is 11.3 Å². The zero-order chi connectivity index (χ0) is 12.6. The van der Waals surface area contributed by atoms with E-state index in [2.05, 4.69) is 4.98 Å². The summed E-state index contributed by atoms with van der Waals surface area (Å²) in [6.45, 7) is 1.28. The van der Waals surface area contributed by atoms with E-state index in [0.717, 1.165) is 23.5 Å². The number of Topliss-reactive ketones (excluding diaryl/α,β-unsaturated/α-hetero) is 1. The van der Waals surface area contributed by atoms with E-state index in [0.29, 0.717) is 0 Å². The van der Waals surface area contributed by atoms with Crippen molar-refractivity contribution >= 4 is 17.1 Å². The SMILES string of the molecule is CC(=O)c1sc(-c2ccc(F)cc2F)nc1O. The van der Waals surface area contributed by atoms with Gasteiger partial charge in [-0.05, 0) is 12.1 Å². The van der Waals surface area contributed by atoms with Crippen molar-refractivity contribution in [1.82, 2.24) is 4.98 Å². The molecule has 3 nitrogen and oxygen atoms in total.